The highest BCUT2D eigenvalue weighted by Gasteiger charge is 2.26. The minimum absolute atomic E-state index is 0.190. The number of sulfonamides is 1. The van der Waals surface area contributed by atoms with Crippen molar-refractivity contribution in [3.05, 3.63) is 53.6 Å². The van der Waals surface area contributed by atoms with Crippen LogP contribution in [0.2, 0.25) is 0 Å². The molecular formula is C30H43N5O3S2. The molecule has 10 heteroatoms. The van der Waals surface area contributed by atoms with Gasteiger partial charge in [-0.3, -0.25) is 9.69 Å². The van der Waals surface area contributed by atoms with Crippen LogP contribution in [0.25, 0.3) is 10.2 Å². The molecule has 1 amide bonds. The first kappa shape index (κ1) is 30.4. The molecule has 40 heavy (non-hydrogen) atoms. The Morgan fingerprint density at radius 3 is 2.25 bits per heavy atom. The van der Waals surface area contributed by atoms with Crippen LogP contribution in [0.15, 0.2) is 47.4 Å². The number of para-hydroxylation sites is 1. The quantitative estimate of drug-likeness (QED) is 0.331. The second-order valence-corrected chi connectivity index (χ2v) is 14.3. The van der Waals surface area contributed by atoms with Gasteiger partial charge in [0.1, 0.15) is 0 Å². The van der Waals surface area contributed by atoms with Gasteiger partial charge in [0.2, 0.25) is 10.0 Å². The number of carbonyl (C=O) groups excluding carboxylic acids is 1. The maximum absolute atomic E-state index is 13.2. The zero-order chi connectivity index (χ0) is 28.9. The Balaban J connectivity index is 1.26. The highest BCUT2D eigenvalue weighted by molar-refractivity contribution is 7.89. The molecule has 3 aromatic rings. The Kier molecular flexibility index (Phi) is 10.2. The lowest BCUT2D eigenvalue weighted by molar-refractivity contribution is 0.0947. The largest absolute Gasteiger partial charge is 0.351 e. The van der Waals surface area contributed by atoms with Crippen molar-refractivity contribution < 1.29 is 13.2 Å². The molecule has 1 saturated heterocycles. The SMILES string of the molecule is CCc1cccc2sc(N3CCN(CCNC(=O)c4ccc(S(=O)(=O)N(CC(C)C)CC(C)C)cc4)CC3)nc12. The lowest BCUT2D eigenvalue weighted by atomic mass is 10.1. The lowest BCUT2D eigenvalue weighted by Crippen LogP contribution is -2.48. The number of fused-ring (bicyclic) bond motifs is 1. The summed E-state index contributed by atoms with van der Waals surface area (Å²) in [6.07, 6.45) is 0.985. The predicted octanol–water partition coefficient (Wildman–Crippen LogP) is 4.71. The lowest BCUT2D eigenvalue weighted by Gasteiger charge is -2.34. The van der Waals surface area contributed by atoms with E-state index < -0.39 is 10.0 Å². The fourth-order valence-corrected chi connectivity index (χ4v) is 7.85. The second-order valence-electron chi connectivity index (χ2n) is 11.3. The number of piperazine rings is 1. The topological polar surface area (TPSA) is 85.8 Å². The summed E-state index contributed by atoms with van der Waals surface area (Å²) in [5.41, 5.74) is 2.89. The number of hydrogen-bond acceptors (Lipinski definition) is 7. The first-order valence-corrected chi connectivity index (χ1v) is 16.6. The van der Waals surface area contributed by atoms with Gasteiger partial charge in [0.15, 0.2) is 5.13 Å². The molecule has 2 aromatic carbocycles. The summed E-state index contributed by atoms with van der Waals surface area (Å²) >= 11 is 1.76. The maximum atomic E-state index is 13.2. The van der Waals surface area contributed by atoms with E-state index >= 15 is 0 Å². The number of nitrogens with zero attached hydrogens (tertiary/aromatic N) is 4. The molecular weight excluding hydrogens is 542 g/mol. The molecule has 0 unspecified atom stereocenters. The molecule has 0 atom stereocenters. The van der Waals surface area contributed by atoms with Gasteiger partial charge >= 0.3 is 0 Å². The van der Waals surface area contributed by atoms with Crippen LogP contribution in [0.4, 0.5) is 5.13 Å². The molecule has 1 N–H and O–H groups in total. The summed E-state index contributed by atoms with van der Waals surface area (Å²) in [6, 6.07) is 12.7. The molecule has 4 rings (SSSR count). The van der Waals surface area contributed by atoms with Crippen LogP contribution in [0.1, 0.15) is 50.5 Å². The van der Waals surface area contributed by atoms with E-state index in [2.05, 4.69) is 40.2 Å². The van der Waals surface area contributed by atoms with E-state index in [9.17, 15) is 13.2 Å². The van der Waals surface area contributed by atoms with Gasteiger partial charge in [-0.05, 0) is 54.2 Å². The number of rotatable bonds is 12. The number of aryl methyl sites for hydroxylation is 1. The summed E-state index contributed by atoms with van der Waals surface area (Å²) in [5, 5.41) is 4.08. The van der Waals surface area contributed by atoms with Gasteiger partial charge in [-0.1, -0.05) is 58.1 Å². The number of carbonyl (C=O) groups is 1. The van der Waals surface area contributed by atoms with Crippen LogP contribution >= 0.6 is 11.3 Å². The number of nitrogens with one attached hydrogen (secondary N) is 1. The van der Waals surface area contributed by atoms with Crippen LogP contribution in [-0.2, 0) is 16.4 Å². The Bertz CT molecular complexity index is 1370. The number of thiazole rings is 1. The Labute approximate surface area is 243 Å². The van der Waals surface area contributed by atoms with Crippen LogP contribution in [-0.4, -0.2) is 80.9 Å². The summed E-state index contributed by atoms with van der Waals surface area (Å²) in [7, 11) is -3.61. The van der Waals surface area contributed by atoms with E-state index in [1.807, 2.05) is 27.7 Å². The molecule has 8 nitrogen and oxygen atoms in total. The molecule has 1 aliphatic heterocycles. The third-order valence-corrected chi connectivity index (χ3v) is 10.0. The van der Waals surface area contributed by atoms with E-state index in [0.717, 1.165) is 49.8 Å². The first-order chi connectivity index (χ1) is 19.1. The monoisotopic (exact) mass is 585 g/mol. The van der Waals surface area contributed by atoms with Crippen molar-refractivity contribution in [3.8, 4) is 0 Å². The van der Waals surface area contributed by atoms with Crippen LogP contribution in [0.5, 0.6) is 0 Å². The van der Waals surface area contributed by atoms with Crippen molar-refractivity contribution >= 4 is 42.6 Å². The van der Waals surface area contributed by atoms with Gasteiger partial charge in [0, 0.05) is 57.9 Å². The third kappa shape index (κ3) is 7.40. The number of benzene rings is 2. The first-order valence-electron chi connectivity index (χ1n) is 14.3. The molecule has 2 heterocycles. The molecule has 1 fully saturated rings. The van der Waals surface area contributed by atoms with Gasteiger partial charge in [-0.2, -0.15) is 4.31 Å². The molecule has 1 aromatic heterocycles. The fourth-order valence-electron chi connectivity index (χ4n) is 5.02. The normalized spacial score (nSPS) is 15.1. The summed E-state index contributed by atoms with van der Waals surface area (Å²) in [4.78, 5) is 22.6. The van der Waals surface area contributed by atoms with Crippen LogP contribution < -0.4 is 10.2 Å². The second kappa shape index (κ2) is 13.4. The van der Waals surface area contributed by atoms with E-state index in [0.29, 0.717) is 25.2 Å². The van der Waals surface area contributed by atoms with E-state index in [1.165, 1.54) is 10.3 Å². The summed E-state index contributed by atoms with van der Waals surface area (Å²) < 4.78 is 29.3. The Morgan fingerprint density at radius 2 is 1.65 bits per heavy atom. The standard InChI is InChI=1S/C30H43N5O3S2/c1-6-24-8-7-9-27-28(24)32-30(39-27)34-18-16-33(17-19-34)15-14-31-29(36)25-10-12-26(13-11-25)40(37,38)35(20-22(2)3)21-23(4)5/h7-13,22-23H,6,14-21H2,1-5H3,(H,31,36). The minimum Gasteiger partial charge on any atom is -0.351 e. The molecule has 1 aliphatic rings. The predicted molar refractivity (Wildman–Crippen MR) is 165 cm³/mol. The van der Waals surface area contributed by atoms with Crippen molar-refractivity contribution in [2.45, 2.75) is 45.9 Å². The molecule has 0 spiro atoms. The average molecular weight is 586 g/mol. The van der Waals surface area contributed by atoms with Crippen molar-refractivity contribution in [2.75, 3.05) is 57.3 Å². The summed E-state index contributed by atoms with van der Waals surface area (Å²) in [5.74, 6) is 0.260. The van der Waals surface area contributed by atoms with Crippen LogP contribution in [0, 0.1) is 11.8 Å². The number of hydrogen-bond donors (Lipinski definition) is 1. The van der Waals surface area contributed by atoms with Crippen molar-refractivity contribution in [1.29, 1.82) is 0 Å². The number of anilines is 1. The van der Waals surface area contributed by atoms with Gasteiger partial charge in [-0.25, -0.2) is 13.4 Å². The summed E-state index contributed by atoms with van der Waals surface area (Å²) in [6.45, 7) is 16.1. The fraction of sp³-hybridized carbons (Fsp3) is 0.533. The third-order valence-electron chi connectivity index (χ3n) is 7.12. The van der Waals surface area contributed by atoms with Crippen molar-refractivity contribution in [1.82, 2.24) is 19.5 Å². The molecule has 0 saturated carbocycles. The average Bonchev–Trinajstić information content (AvgIpc) is 3.37. The van der Waals surface area contributed by atoms with Crippen LogP contribution in [0.3, 0.4) is 0 Å². The minimum atomic E-state index is -3.61. The van der Waals surface area contributed by atoms with E-state index in [-0.39, 0.29) is 22.6 Å². The molecule has 0 bridgehead atoms. The van der Waals surface area contributed by atoms with E-state index in [1.54, 1.807) is 39.9 Å². The zero-order valence-corrected chi connectivity index (χ0v) is 26.0. The van der Waals surface area contributed by atoms with Crippen molar-refractivity contribution in [2.24, 2.45) is 11.8 Å². The molecule has 0 aliphatic carbocycles. The zero-order valence-electron chi connectivity index (χ0n) is 24.4. The smallest absolute Gasteiger partial charge is 0.251 e. The molecule has 218 valence electrons. The Hall–Kier alpha value is -2.53. The van der Waals surface area contributed by atoms with Crippen molar-refractivity contribution in [3.63, 3.8) is 0 Å². The van der Waals surface area contributed by atoms with Gasteiger partial charge in [0.05, 0.1) is 15.1 Å². The highest BCUT2D eigenvalue weighted by atomic mass is 32.2. The highest BCUT2D eigenvalue weighted by Crippen LogP contribution is 2.31. The molecule has 0 radical (unpaired) electrons. The number of amides is 1. The van der Waals surface area contributed by atoms with E-state index in [4.69, 9.17) is 4.98 Å². The van der Waals surface area contributed by atoms with Gasteiger partial charge in [0.25, 0.3) is 5.91 Å². The Morgan fingerprint density at radius 1 is 1.00 bits per heavy atom. The van der Waals surface area contributed by atoms with Gasteiger partial charge < -0.3 is 10.2 Å². The number of aromatic nitrogens is 1. The van der Waals surface area contributed by atoms with Gasteiger partial charge in [-0.15, -0.1) is 0 Å². The maximum Gasteiger partial charge on any atom is 0.251 e.